The molecule has 7 heavy (non-hydrogen) atoms. The highest BCUT2D eigenvalue weighted by molar-refractivity contribution is 8.20. The maximum atomic E-state index is 9.77. The molecule has 0 rings (SSSR count). The van der Waals surface area contributed by atoms with E-state index in [-0.39, 0.29) is 0 Å². The van der Waals surface area contributed by atoms with Gasteiger partial charge in [0.05, 0.1) is 0 Å². The van der Waals surface area contributed by atoms with Crippen LogP contribution in [0.1, 0.15) is 0 Å². The highest BCUT2D eigenvalue weighted by Gasteiger charge is 1.74. The molecule has 0 aromatic heterocycles. The van der Waals surface area contributed by atoms with Gasteiger partial charge in [0.15, 0.2) is 0 Å². The SMILES string of the molecule is NC(=O)N[S-](=O)=S. The molecule has 0 spiro atoms. The fourth-order valence-electron chi connectivity index (χ4n) is 0.0821. The van der Waals surface area contributed by atoms with E-state index in [2.05, 4.69) is 16.9 Å². The number of rotatable bonds is 1. The Hall–Kier alpha value is -0.360. The smallest absolute Gasteiger partial charge is 0.295 e. The van der Waals surface area contributed by atoms with Crippen molar-refractivity contribution in [3.63, 3.8) is 0 Å². The molecule has 0 bridgehead atoms. The Morgan fingerprint density at radius 3 is 2.29 bits per heavy atom. The number of primary amides is 1. The summed E-state index contributed by atoms with van der Waals surface area (Å²) in [6.45, 7) is 0. The minimum absolute atomic E-state index is 0.867. The number of amides is 2. The van der Waals surface area contributed by atoms with E-state index in [4.69, 9.17) is 0 Å². The third-order valence-electron chi connectivity index (χ3n) is 0.184. The number of carbonyl (C=O) groups is 1. The summed E-state index contributed by atoms with van der Waals surface area (Å²) in [5.74, 6) is 0. The van der Waals surface area contributed by atoms with Crippen LogP contribution in [0.3, 0.4) is 0 Å². The van der Waals surface area contributed by atoms with Gasteiger partial charge in [0.25, 0.3) is 6.03 Å². The number of urea groups is 1. The molecule has 3 N–H and O–H groups in total. The number of nitrogens with two attached hydrogens (primary N) is 1. The number of nitrogens with one attached hydrogen (secondary N) is 1. The zero-order chi connectivity index (χ0) is 5.86. The molecule has 0 aromatic carbocycles. The summed E-state index contributed by atoms with van der Waals surface area (Å²) < 4.78 is 11.5. The summed E-state index contributed by atoms with van der Waals surface area (Å²) in [5, 5.41) is 0. The van der Waals surface area contributed by atoms with E-state index in [0.29, 0.717) is 0 Å². The maximum Gasteiger partial charge on any atom is 0.295 e. The molecule has 4 nitrogen and oxygen atoms in total. The van der Waals surface area contributed by atoms with E-state index >= 15 is 0 Å². The quantitative estimate of drug-likeness (QED) is 0.457. The number of carbonyl (C=O) groups excluding carboxylic acids is 1. The van der Waals surface area contributed by atoms with Crippen LogP contribution < -0.4 is 10.5 Å². The lowest BCUT2D eigenvalue weighted by atomic mass is 11.2. The second kappa shape index (κ2) is 2.75. The van der Waals surface area contributed by atoms with Gasteiger partial charge in [0, 0.05) is 0 Å². The minimum atomic E-state index is -1.74. The van der Waals surface area contributed by atoms with Crippen molar-refractivity contribution in [2.45, 2.75) is 0 Å². The molecule has 0 aliphatic rings. The third kappa shape index (κ3) is 5.64. The molecular weight excluding hydrogens is 136 g/mol. The van der Waals surface area contributed by atoms with Crippen LogP contribution >= 0.6 is 0 Å². The van der Waals surface area contributed by atoms with E-state index in [1.54, 1.807) is 4.72 Å². The molecular formula is CH3N2O2S2-. The average molecular weight is 139 g/mol. The van der Waals surface area contributed by atoms with Gasteiger partial charge in [-0.15, -0.1) is 9.54 Å². The third-order valence-corrected chi connectivity index (χ3v) is 0.802. The zero-order valence-corrected chi connectivity index (χ0v) is 4.84. The van der Waals surface area contributed by atoms with Gasteiger partial charge in [-0.25, -0.2) is 11.2 Å². The van der Waals surface area contributed by atoms with Crippen LogP contribution in [0.15, 0.2) is 0 Å². The molecule has 2 amide bonds. The molecule has 0 aliphatic heterocycles. The van der Waals surface area contributed by atoms with Crippen molar-refractivity contribution in [1.29, 1.82) is 0 Å². The average Bonchev–Trinajstić information content (AvgIpc) is 1.27. The number of hydrogen-bond donors (Lipinski definition) is 2. The summed E-state index contributed by atoms with van der Waals surface area (Å²) in [4.78, 5) is 9.66. The second-order valence-electron chi connectivity index (χ2n) is 0.701. The van der Waals surface area contributed by atoms with Crippen molar-refractivity contribution in [2.75, 3.05) is 0 Å². The molecule has 0 fully saturated rings. The lowest BCUT2D eigenvalue weighted by Gasteiger charge is -1.96. The monoisotopic (exact) mass is 139 g/mol. The van der Waals surface area contributed by atoms with Crippen LogP contribution in [0, 0.1) is 0 Å². The molecule has 6 heteroatoms. The Labute approximate surface area is 46.9 Å². The van der Waals surface area contributed by atoms with Crippen LogP contribution in [0.25, 0.3) is 0 Å². The molecule has 42 valence electrons. The van der Waals surface area contributed by atoms with E-state index in [0.717, 1.165) is 0 Å². The molecule has 0 saturated heterocycles. The van der Waals surface area contributed by atoms with Gasteiger partial charge in [-0.2, -0.15) is 0 Å². The lowest BCUT2D eigenvalue weighted by Crippen LogP contribution is -2.26. The number of hydrogen-bond acceptors (Lipinski definition) is 4. The van der Waals surface area contributed by atoms with Crippen molar-refractivity contribution in [3.8, 4) is 0 Å². The standard InChI is InChI=1S/CH3N2O2S2/c2-1(4)3-7(5)6/h(H3,2,3,4,5,6)/q-1. The Balaban J connectivity index is 3.53. The summed E-state index contributed by atoms with van der Waals surface area (Å²) in [6, 6.07) is -0.867. The first-order valence-electron chi connectivity index (χ1n) is 1.28. The predicted molar refractivity (Wildman–Crippen MR) is 28.1 cm³/mol. The van der Waals surface area contributed by atoms with Gasteiger partial charge in [-0.1, -0.05) is 0 Å². The molecule has 0 saturated carbocycles. The summed E-state index contributed by atoms with van der Waals surface area (Å²) in [6.07, 6.45) is 0. The zero-order valence-electron chi connectivity index (χ0n) is 3.21. The van der Waals surface area contributed by atoms with Crippen LogP contribution in [-0.4, -0.2) is 6.03 Å². The lowest BCUT2D eigenvalue weighted by molar-refractivity contribution is 0.254. The van der Waals surface area contributed by atoms with Gasteiger partial charge < -0.3 is 14.7 Å². The van der Waals surface area contributed by atoms with Gasteiger partial charge >= 0.3 is 0 Å². The van der Waals surface area contributed by atoms with Crippen molar-refractivity contribution in [3.05, 3.63) is 0 Å². The van der Waals surface area contributed by atoms with E-state index in [1.165, 1.54) is 0 Å². The van der Waals surface area contributed by atoms with Gasteiger partial charge in [0.2, 0.25) is 0 Å². The molecule has 0 radical (unpaired) electrons. The molecule has 0 heterocycles. The maximum absolute atomic E-state index is 9.77. The van der Waals surface area contributed by atoms with E-state index in [1.807, 2.05) is 0 Å². The Bertz CT molecular complexity index is 131. The van der Waals surface area contributed by atoms with E-state index in [9.17, 15) is 9.00 Å². The molecule has 0 atom stereocenters. The van der Waals surface area contributed by atoms with Crippen LogP contribution in [-0.2, 0) is 24.9 Å². The highest BCUT2D eigenvalue weighted by atomic mass is 32.8. The van der Waals surface area contributed by atoms with Crippen molar-refractivity contribution in [2.24, 2.45) is 5.73 Å². The van der Waals surface area contributed by atoms with Crippen molar-refractivity contribution >= 4 is 26.8 Å². The largest absolute Gasteiger partial charge is 0.431 e. The first-order chi connectivity index (χ1) is 3.13. The molecule has 0 aliphatic carbocycles. The fourth-order valence-corrected chi connectivity index (χ4v) is 0.493. The minimum Gasteiger partial charge on any atom is -0.431 e. The predicted octanol–water partition coefficient (Wildman–Crippen LogP) is -1.00. The Morgan fingerprint density at radius 1 is 1.86 bits per heavy atom. The van der Waals surface area contributed by atoms with E-state index < -0.39 is 15.6 Å². The van der Waals surface area contributed by atoms with Crippen molar-refractivity contribution < 1.29 is 9.00 Å². The van der Waals surface area contributed by atoms with Gasteiger partial charge in [-0.05, 0) is 0 Å². The van der Waals surface area contributed by atoms with Crippen LogP contribution in [0.4, 0.5) is 4.79 Å². The Morgan fingerprint density at radius 2 is 2.29 bits per heavy atom. The second-order valence-corrected chi connectivity index (χ2v) is 2.28. The summed E-state index contributed by atoms with van der Waals surface area (Å²) in [7, 11) is -1.74. The summed E-state index contributed by atoms with van der Waals surface area (Å²) >= 11 is 4.02. The fraction of sp³-hybridized carbons (Fsp3) is 0. The first-order valence-corrected chi connectivity index (χ1v) is 3.36. The van der Waals surface area contributed by atoms with Crippen molar-refractivity contribution in [1.82, 2.24) is 4.72 Å². The topological polar surface area (TPSA) is 72.2 Å². The van der Waals surface area contributed by atoms with Crippen LogP contribution in [0.5, 0.6) is 0 Å². The first kappa shape index (κ1) is 6.64. The Kier molecular flexibility index (Phi) is 2.61. The molecule has 0 unspecified atom stereocenters. The molecule has 0 aromatic rings. The van der Waals surface area contributed by atoms with Crippen LogP contribution in [0.2, 0.25) is 0 Å². The normalized spacial score (nSPS) is 8.71. The summed E-state index contributed by atoms with van der Waals surface area (Å²) in [5.41, 5.74) is 4.48. The highest BCUT2D eigenvalue weighted by Crippen LogP contribution is 1.52. The van der Waals surface area contributed by atoms with Gasteiger partial charge in [-0.3, -0.25) is 4.79 Å². The van der Waals surface area contributed by atoms with Gasteiger partial charge in [0.1, 0.15) is 0 Å².